The van der Waals surface area contributed by atoms with Crippen LogP contribution in [-0.2, 0) is 6.54 Å². The molecule has 0 unspecified atom stereocenters. The molecule has 2 aliphatic heterocycles. The zero-order valence-corrected chi connectivity index (χ0v) is 19.1. The van der Waals surface area contributed by atoms with E-state index in [9.17, 15) is 4.79 Å². The van der Waals surface area contributed by atoms with Crippen molar-refractivity contribution in [3.63, 3.8) is 0 Å². The largest absolute Gasteiger partial charge is 0.457 e. The lowest BCUT2D eigenvalue weighted by Crippen LogP contribution is -2.59. The number of benzene rings is 2. The van der Waals surface area contributed by atoms with Crippen LogP contribution in [0, 0.1) is 5.41 Å². The van der Waals surface area contributed by atoms with Crippen LogP contribution >= 0.6 is 0 Å². The number of pyridine rings is 1. The van der Waals surface area contributed by atoms with Crippen LogP contribution in [0.3, 0.4) is 0 Å². The molecule has 3 heterocycles. The zero-order chi connectivity index (χ0) is 23.2. The Kier molecular flexibility index (Phi) is 5.07. The first-order valence-electron chi connectivity index (χ1n) is 11.8. The van der Waals surface area contributed by atoms with Crippen molar-refractivity contribution in [1.82, 2.24) is 14.8 Å². The molecule has 0 atom stereocenters. The minimum Gasteiger partial charge on any atom is -0.457 e. The highest BCUT2D eigenvalue weighted by Gasteiger charge is 2.43. The van der Waals surface area contributed by atoms with Gasteiger partial charge in [-0.15, -0.1) is 0 Å². The second-order valence-corrected chi connectivity index (χ2v) is 9.27. The fraction of sp³-hybridized carbons (Fsp3) is 0.296. The number of hydrogen-bond acceptors (Lipinski definition) is 6. The lowest BCUT2D eigenvalue weighted by molar-refractivity contribution is 0.0251. The number of nitrogens with zero attached hydrogens (tertiary/aromatic N) is 3. The molecule has 172 valence electrons. The van der Waals surface area contributed by atoms with Crippen LogP contribution in [0.2, 0.25) is 0 Å². The first-order chi connectivity index (χ1) is 16.6. The lowest BCUT2D eigenvalue weighted by atomic mass is 10.0. The molecule has 2 N–H and O–H groups in total. The molecule has 3 aromatic rings. The van der Waals surface area contributed by atoms with Crippen LogP contribution in [0.4, 0.5) is 5.69 Å². The quantitative estimate of drug-likeness (QED) is 0.519. The summed E-state index contributed by atoms with van der Waals surface area (Å²) in [5.41, 5.74) is 5.30. The molecule has 1 aromatic heterocycles. The third-order valence-corrected chi connectivity index (χ3v) is 7.04. The van der Waals surface area contributed by atoms with Crippen LogP contribution in [0.1, 0.15) is 34.3 Å². The number of likely N-dealkylation sites (tertiary alicyclic amines) is 1. The van der Waals surface area contributed by atoms with Gasteiger partial charge in [0.1, 0.15) is 11.5 Å². The summed E-state index contributed by atoms with van der Waals surface area (Å²) in [6.45, 7) is 2.69. The van der Waals surface area contributed by atoms with E-state index >= 15 is 0 Å². The standard InChI is InChI=1S/C27H27N5O2/c1-29-25-11-22(6-2-18(25)13-28)34-23-8-9-30-26(12-23)17-3-7-24-19(10-17)14-32(27(24)33)21-15-31(16-21)20-4-5-20/h2-3,6-13,20-21,28-29H,4-5,14-16H2,1H3. The summed E-state index contributed by atoms with van der Waals surface area (Å²) >= 11 is 0. The van der Waals surface area contributed by atoms with Crippen molar-refractivity contribution < 1.29 is 9.53 Å². The molecular weight excluding hydrogens is 426 g/mol. The molecule has 3 aliphatic rings. The molecule has 0 spiro atoms. The van der Waals surface area contributed by atoms with E-state index in [0.29, 0.717) is 24.1 Å². The van der Waals surface area contributed by atoms with Gasteiger partial charge in [-0.05, 0) is 48.7 Å². The summed E-state index contributed by atoms with van der Waals surface area (Å²) in [5.74, 6) is 1.52. The third kappa shape index (κ3) is 3.72. The molecule has 7 nitrogen and oxygen atoms in total. The Morgan fingerprint density at radius 1 is 1.06 bits per heavy atom. The number of fused-ring (bicyclic) bond motifs is 1. The molecule has 6 rings (SSSR count). The number of nitrogens with one attached hydrogen (secondary N) is 2. The predicted octanol–water partition coefficient (Wildman–Crippen LogP) is 4.38. The Morgan fingerprint density at radius 2 is 1.88 bits per heavy atom. The smallest absolute Gasteiger partial charge is 0.254 e. The van der Waals surface area contributed by atoms with Gasteiger partial charge in [-0.1, -0.05) is 6.07 Å². The normalized spacial score (nSPS) is 17.9. The molecule has 0 bridgehead atoms. The Balaban J connectivity index is 1.19. The van der Waals surface area contributed by atoms with Crippen molar-refractivity contribution in [2.45, 2.75) is 31.5 Å². The number of ether oxygens (including phenoxy) is 1. The first kappa shape index (κ1) is 20.9. The maximum atomic E-state index is 13.0. The monoisotopic (exact) mass is 453 g/mol. The van der Waals surface area contributed by atoms with Gasteiger partial charge in [0.15, 0.2) is 0 Å². The number of rotatable bonds is 7. The molecule has 0 radical (unpaired) electrons. The van der Waals surface area contributed by atoms with Gasteiger partial charge in [0.2, 0.25) is 0 Å². The number of carbonyl (C=O) groups is 1. The second kappa shape index (κ2) is 8.25. The Labute approximate surface area is 198 Å². The summed E-state index contributed by atoms with van der Waals surface area (Å²) in [6, 6.07) is 16.4. The van der Waals surface area contributed by atoms with E-state index < -0.39 is 0 Å². The van der Waals surface area contributed by atoms with Gasteiger partial charge < -0.3 is 20.4 Å². The van der Waals surface area contributed by atoms with Crippen molar-refractivity contribution >= 4 is 17.8 Å². The molecule has 1 aliphatic carbocycles. The molecule has 1 amide bonds. The maximum absolute atomic E-state index is 13.0. The summed E-state index contributed by atoms with van der Waals surface area (Å²) < 4.78 is 6.08. The van der Waals surface area contributed by atoms with E-state index in [0.717, 1.165) is 52.8 Å². The fourth-order valence-corrected chi connectivity index (χ4v) is 4.93. The van der Waals surface area contributed by atoms with Crippen molar-refractivity contribution in [2.75, 3.05) is 25.5 Å². The van der Waals surface area contributed by atoms with Gasteiger partial charge in [0, 0.05) is 79.6 Å². The number of amides is 1. The molecule has 1 saturated heterocycles. The van der Waals surface area contributed by atoms with E-state index in [-0.39, 0.29) is 5.91 Å². The molecule has 2 aromatic carbocycles. The highest BCUT2D eigenvalue weighted by Crippen LogP contribution is 2.36. The zero-order valence-electron chi connectivity index (χ0n) is 19.1. The second-order valence-electron chi connectivity index (χ2n) is 9.27. The fourth-order valence-electron chi connectivity index (χ4n) is 4.93. The van der Waals surface area contributed by atoms with Gasteiger partial charge in [0.25, 0.3) is 5.91 Å². The Morgan fingerprint density at radius 3 is 2.65 bits per heavy atom. The topological polar surface area (TPSA) is 81.6 Å². The van der Waals surface area contributed by atoms with E-state index in [2.05, 4.69) is 21.3 Å². The van der Waals surface area contributed by atoms with E-state index in [4.69, 9.17) is 10.1 Å². The minimum absolute atomic E-state index is 0.153. The van der Waals surface area contributed by atoms with Crippen LogP contribution in [-0.4, -0.2) is 59.1 Å². The van der Waals surface area contributed by atoms with Crippen molar-refractivity contribution in [1.29, 1.82) is 5.41 Å². The van der Waals surface area contributed by atoms with Crippen molar-refractivity contribution in [3.05, 3.63) is 71.4 Å². The summed E-state index contributed by atoms with van der Waals surface area (Å²) in [7, 11) is 1.82. The van der Waals surface area contributed by atoms with Gasteiger partial charge >= 0.3 is 0 Å². The summed E-state index contributed by atoms with van der Waals surface area (Å²) in [5, 5.41) is 10.6. The number of hydrogen-bond donors (Lipinski definition) is 2. The number of carbonyl (C=O) groups excluding carboxylic acids is 1. The van der Waals surface area contributed by atoms with E-state index in [1.165, 1.54) is 19.1 Å². The minimum atomic E-state index is 0.153. The lowest BCUT2D eigenvalue weighted by Gasteiger charge is -2.44. The van der Waals surface area contributed by atoms with Crippen LogP contribution in [0.25, 0.3) is 11.3 Å². The van der Waals surface area contributed by atoms with Crippen LogP contribution < -0.4 is 10.1 Å². The number of anilines is 1. The van der Waals surface area contributed by atoms with Gasteiger partial charge in [-0.2, -0.15) is 0 Å². The summed E-state index contributed by atoms with van der Waals surface area (Å²) in [4.78, 5) is 22.1. The maximum Gasteiger partial charge on any atom is 0.254 e. The molecule has 34 heavy (non-hydrogen) atoms. The SMILES string of the molecule is CNc1cc(Oc2ccnc(-c3ccc4c(c3)CN(C3CN(C5CC5)C3)C4=O)c2)ccc1C=N. The molecule has 2 fully saturated rings. The predicted molar refractivity (Wildman–Crippen MR) is 132 cm³/mol. The number of aromatic nitrogens is 1. The van der Waals surface area contributed by atoms with E-state index in [1.807, 2.05) is 54.4 Å². The average molecular weight is 454 g/mol. The highest BCUT2D eigenvalue weighted by atomic mass is 16.5. The van der Waals surface area contributed by atoms with Gasteiger partial charge in [-0.3, -0.25) is 14.7 Å². The Hall–Kier alpha value is -3.71. The molecule has 1 saturated carbocycles. The van der Waals surface area contributed by atoms with Gasteiger partial charge in [-0.25, -0.2) is 0 Å². The van der Waals surface area contributed by atoms with E-state index in [1.54, 1.807) is 6.20 Å². The third-order valence-electron chi connectivity index (χ3n) is 7.04. The first-order valence-corrected chi connectivity index (χ1v) is 11.8. The van der Waals surface area contributed by atoms with Crippen molar-refractivity contribution in [3.8, 4) is 22.8 Å². The molecule has 7 heteroatoms. The summed E-state index contributed by atoms with van der Waals surface area (Å²) in [6.07, 6.45) is 5.67. The van der Waals surface area contributed by atoms with Crippen LogP contribution in [0.5, 0.6) is 11.5 Å². The average Bonchev–Trinajstić information content (AvgIpc) is 3.62. The van der Waals surface area contributed by atoms with Crippen LogP contribution in [0.15, 0.2) is 54.7 Å². The molecular formula is C27H27N5O2. The van der Waals surface area contributed by atoms with Crippen molar-refractivity contribution in [2.24, 2.45) is 0 Å². The Bertz CT molecular complexity index is 1280. The van der Waals surface area contributed by atoms with Gasteiger partial charge in [0.05, 0.1) is 11.7 Å². The highest BCUT2D eigenvalue weighted by molar-refractivity contribution is 5.99.